The second kappa shape index (κ2) is 10.2. The van der Waals surface area contributed by atoms with Crippen LogP contribution in [0, 0.1) is 5.41 Å². The van der Waals surface area contributed by atoms with Crippen molar-refractivity contribution in [1.82, 2.24) is 28.9 Å². The monoisotopic (exact) mass is 556 g/mol. The van der Waals surface area contributed by atoms with Crippen molar-refractivity contribution < 1.29 is 22.7 Å². The van der Waals surface area contributed by atoms with Crippen LogP contribution in [-0.4, -0.2) is 34.9 Å². The molecule has 3 aromatic heterocycles. The third-order valence-corrected chi connectivity index (χ3v) is 6.71. The number of imidazole rings is 1. The molecule has 0 radical (unpaired) electrons. The van der Waals surface area contributed by atoms with Crippen molar-refractivity contribution in [2.45, 2.75) is 78.9 Å². The lowest BCUT2D eigenvalue weighted by Crippen LogP contribution is -2.28. The summed E-state index contributed by atoms with van der Waals surface area (Å²) in [6, 6.07) is 5.06. The normalized spacial score (nSPS) is 14.2. The first-order valence-electron chi connectivity index (χ1n) is 13.2. The van der Waals surface area contributed by atoms with Crippen molar-refractivity contribution in [3.8, 4) is 11.4 Å². The van der Waals surface area contributed by atoms with E-state index in [1.54, 1.807) is 37.6 Å². The molecule has 1 saturated carbocycles. The van der Waals surface area contributed by atoms with Gasteiger partial charge in [0, 0.05) is 18.7 Å². The van der Waals surface area contributed by atoms with E-state index in [9.17, 15) is 22.8 Å². The summed E-state index contributed by atoms with van der Waals surface area (Å²) in [5.74, 6) is 0.804. The molecule has 40 heavy (non-hydrogen) atoms. The molecule has 1 aromatic carbocycles. The Morgan fingerprint density at radius 1 is 1.12 bits per heavy atom. The first kappa shape index (κ1) is 27.6. The standard InChI is InChI=1S/C28H31F3N6O3/c1-5-11-36-23(18-9-10-18)33-22-21(25(36)38)37(16-40-26(39)27(2,3)4)24(34-22)19-13-32-35(15-19)14-17-7-6-8-20(12-17)28(29,30)31/h6-8,12-13,15,18H,5,9-11,14,16H2,1-4H3. The number of carbonyl (C=O) groups is 1. The van der Waals surface area contributed by atoms with Gasteiger partial charge >= 0.3 is 12.1 Å². The number of nitrogens with zero attached hydrogens (tertiary/aromatic N) is 6. The second-order valence-electron chi connectivity index (χ2n) is 11.2. The highest BCUT2D eigenvalue weighted by molar-refractivity contribution is 5.77. The van der Waals surface area contributed by atoms with E-state index in [-0.39, 0.29) is 35.9 Å². The van der Waals surface area contributed by atoms with Crippen LogP contribution < -0.4 is 5.56 Å². The summed E-state index contributed by atoms with van der Waals surface area (Å²) in [6.07, 6.45) is 1.37. The van der Waals surface area contributed by atoms with E-state index in [4.69, 9.17) is 9.72 Å². The van der Waals surface area contributed by atoms with Gasteiger partial charge in [0.2, 0.25) is 0 Å². The van der Waals surface area contributed by atoms with Gasteiger partial charge in [0.05, 0.1) is 29.3 Å². The zero-order chi connectivity index (χ0) is 28.8. The van der Waals surface area contributed by atoms with Gasteiger partial charge in [-0.15, -0.1) is 0 Å². The molecule has 0 atom stereocenters. The number of rotatable bonds is 8. The molecule has 3 heterocycles. The maximum Gasteiger partial charge on any atom is 0.416 e. The number of esters is 1. The molecule has 1 aliphatic carbocycles. The van der Waals surface area contributed by atoms with Gasteiger partial charge in [0.15, 0.2) is 17.9 Å². The molecule has 0 amide bonds. The van der Waals surface area contributed by atoms with E-state index in [2.05, 4.69) is 10.1 Å². The van der Waals surface area contributed by atoms with Crippen LogP contribution in [0.15, 0.2) is 41.5 Å². The van der Waals surface area contributed by atoms with Crippen LogP contribution in [0.25, 0.3) is 22.6 Å². The van der Waals surface area contributed by atoms with Crippen molar-refractivity contribution >= 4 is 17.1 Å². The Labute approximate surface area is 228 Å². The number of alkyl halides is 3. The van der Waals surface area contributed by atoms with Crippen LogP contribution in [0.5, 0.6) is 0 Å². The third-order valence-electron chi connectivity index (χ3n) is 6.71. The molecule has 4 aromatic rings. The van der Waals surface area contributed by atoms with Gasteiger partial charge in [-0.3, -0.25) is 23.4 Å². The lowest BCUT2D eigenvalue weighted by atomic mass is 9.98. The van der Waals surface area contributed by atoms with Crippen molar-refractivity contribution in [3.63, 3.8) is 0 Å². The van der Waals surface area contributed by atoms with E-state index in [1.165, 1.54) is 21.5 Å². The number of ether oxygens (including phenoxy) is 1. The van der Waals surface area contributed by atoms with Gasteiger partial charge in [-0.2, -0.15) is 18.3 Å². The van der Waals surface area contributed by atoms with Crippen LogP contribution in [0.3, 0.4) is 0 Å². The van der Waals surface area contributed by atoms with Gasteiger partial charge < -0.3 is 4.74 Å². The van der Waals surface area contributed by atoms with Crippen LogP contribution in [0.1, 0.15) is 69.8 Å². The number of carbonyl (C=O) groups excluding carboxylic acids is 1. The Morgan fingerprint density at radius 3 is 2.52 bits per heavy atom. The van der Waals surface area contributed by atoms with Crippen LogP contribution in [0.4, 0.5) is 13.2 Å². The Kier molecular flexibility index (Phi) is 7.05. The lowest BCUT2D eigenvalue weighted by Gasteiger charge is -2.18. The first-order valence-corrected chi connectivity index (χ1v) is 13.2. The fourth-order valence-electron chi connectivity index (χ4n) is 4.51. The van der Waals surface area contributed by atoms with E-state index in [0.29, 0.717) is 29.3 Å². The Hall–Kier alpha value is -3.96. The molecule has 212 valence electrons. The Morgan fingerprint density at radius 2 is 1.88 bits per heavy atom. The maximum absolute atomic E-state index is 13.7. The molecule has 5 rings (SSSR count). The number of benzene rings is 1. The molecule has 12 heteroatoms. The fourth-order valence-corrected chi connectivity index (χ4v) is 4.51. The maximum atomic E-state index is 13.7. The molecule has 0 bridgehead atoms. The highest BCUT2D eigenvalue weighted by Gasteiger charge is 2.32. The molecule has 1 fully saturated rings. The summed E-state index contributed by atoms with van der Waals surface area (Å²) in [4.78, 5) is 35.8. The summed E-state index contributed by atoms with van der Waals surface area (Å²) in [5.41, 5.74) is -0.337. The van der Waals surface area contributed by atoms with E-state index >= 15 is 0 Å². The number of halogens is 3. The van der Waals surface area contributed by atoms with Crippen molar-refractivity contribution in [1.29, 1.82) is 0 Å². The summed E-state index contributed by atoms with van der Waals surface area (Å²) in [7, 11) is 0. The third kappa shape index (κ3) is 5.52. The van der Waals surface area contributed by atoms with E-state index in [0.717, 1.165) is 31.4 Å². The molecule has 0 unspecified atom stereocenters. The smallest absolute Gasteiger partial charge is 0.416 e. The van der Waals surface area contributed by atoms with Gasteiger partial charge in [0.25, 0.3) is 5.56 Å². The first-order chi connectivity index (χ1) is 18.9. The summed E-state index contributed by atoms with van der Waals surface area (Å²) in [5, 5.41) is 4.32. The molecule has 0 N–H and O–H groups in total. The molecular weight excluding hydrogens is 525 g/mol. The average molecular weight is 557 g/mol. The van der Waals surface area contributed by atoms with Gasteiger partial charge in [0.1, 0.15) is 11.6 Å². The number of fused-ring (bicyclic) bond motifs is 1. The molecule has 0 saturated heterocycles. The Balaban J connectivity index is 1.57. The highest BCUT2D eigenvalue weighted by Crippen LogP contribution is 2.39. The second-order valence-corrected chi connectivity index (χ2v) is 11.2. The average Bonchev–Trinajstić information content (AvgIpc) is 3.52. The van der Waals surface area contributed by atoms with Crippen molar-refractivity contribution in [2.75, 3.05) is 0 Å². The number of hydrogen-bond acceptors (Lipinski definition) is 6. The van der Waals surface area contributed by atoms with E-state index < -0.39 is 23.1 Å². The quantitative estimate of drug-likeness (QED) is 0.271. The molecule has 1 aliphatic rings. The minimum atomic E-state index is -4.45. The lowest BCUT2D eigenvalue weighted by molar-refractivity contribution is -0.156. The summed E-state index contributed by atoms with van der Waals surface area (Å²) < 4.78 is 49.8. The SMILES string of the molecule is CCCn1c(C2CC2)nc2nc(-c3cnn(Cc4cccc(C(F)(F)F)c4)c3)n(COC(=O)C(C)(C)C)c2c1=O. The van der Waals surface area contributed by atoms with Crippen LogP contribution >= 0.6 is 0 Å². The van der Waals surface area contributed by atoms with Crippen molar-refractivity contribution in [2.24, 2.45) is 5.41 Å². The zero-order valence-corrected chi connectivity index (χ0v) is 22.8. The highest BCUT2D eigenvalue weighted by atomic mass is 19.4. The predicted octanol–water partition coefficient (Wildman–Crippen LogP) is 5.36. The fraction of sp³-hybridized carbons (Fsp3) is 0.464. The molecule has 0 aliphatic heterocycles. The molecule has 9 nitrogen and oxygen atoms in total. The van der Waals surface area contributed by atoms with Crippen LogP contribution in [-0.2, 0) is 35.5 Å². The molecular formula is C28H31F3N6O3. The number of hydrogen-bond donors (Lipinski definition) is 0. The predicted molar refractivity (Wildman–Crippen MR) is 141 cm³/mol. The topological polar surface area (TPSA) is 96.8 Å². The minimum absolute atomic E-state index is 0.0938. The van der Waals surface area contributed by atoms with Crippen LogP contribution in [0.2, 0.25) is 0 Å². The zero-order valence-electron chi connectivity index (χ0n) is 22.8. The van der Waals surface area contributed by atoms with Gasteiger partial charge in [-0.25, -0.2) is 9.97 Å². The summed E-state index contributed by atoms with van der Waals surface area (Å²) in [6.45, 7) is 7.53. The Bertz CT molecular complexity index is 1620. The number of aromatic nitrogens is 6. The largest absolute Gasteiger partial charge is 0.443 e. The van der Waals surface area contributed by atoms with Gasteiger partial charge in [-0.1, -0.05) is 19.1 Å². The van der Waals surface area contributed by atoms with Crippen molar-refractivity contribution in [3.05, 3.63) is 64.0 Å². The summed E-state index contributed by atoms with van der Waals surface area (Å²) >= 11 is 0. The minimum Gasteiger partial charge on any atom is -0.443 e. The molecule has 0 spiro atoms. The van der Waals surface area contributed by atoms with E-state index in [1.807, 2.05) is 6.92 Å². The van der Waals surface area contributed by atoms with Gasteiger partial charge in [-0.05, 0) is 57.7 Å².